The third-order valence-corrected chi connectivity index (χ3v) is 7.11. The van der Waals surface area contributed by atoms with E-state index in [9.17, 15) is 9.59 Å². The van der Waals surface area contributed by atoms with Crippen LogP contribution < -0.4 is 19.5 Å². The van der Waals surface area contributed by atoms with E-state index < -0.39 is 6.04 Å². The van der Waals surface area contributed by atoms with E-state index in [2.05, 4.69) is 5.32 Å². The summed E-state index contributed by atoms with van der Waals surface area (Å²) in [6, 6.07) is 22.0. The van der Waals surface area contributed by atoms with Gasteiger partial charge in [0, 0.05) is 26.1 Å². The van der Waals surface area contributed by atoms with E-state index in [-0.39, 0.29) is 30.9 Å². The summed E-state index contributed by atoms with van der Waals surface area (Å²) >= 11 is 0. The molecule has 2 amide bonds. The van der Waals surface area contributed by atoms with Gasteiger partial charge in [-0.3, -0.25) is 9.59 Å². The van der Waals surface area contributed by atoms with Gasteiger partial charge < -0.3 is 29.2 Å². The van der Waals surface area contributed by atoms with Crippen molar-refractivity contribution in [2.75, 3.05) is 34.5 Å². The van der Waals surface area contributed by atoms with Crippen LogP contribution in [-0.4, -0.2) is 63.3 Å². The van der Waals surface area contributed by atoms with E-state index in [0.29, 0.717) is 31.1 Å². The van der Waals surface area contributed by atoms with Crippen molar-refractivity contribution in [1.29, 1.82) is 0 Å². The first-order valence-corrected chi connectivity index (χ1v) is 13.6. The Bertz CT molecular complexity index is 1240. The molecule has 0 aromatic heterocycles. The lowest BCUT2D eigenvalue weighted by molar-refractivity contribution is -0.141. The highest BCUT2D eigenvalue weighted by Crippen LogP contribution is 2.28. The maximum Gasteiger partial charge on any atom is 0.243 e. The lowest BCUT2D eigenvalue weighted by Crippen LogP contribution is -2.52. The molecule has 8 heteroatoms. The van der Waals surface area contributed by atoms with Gasteiger partial charge in [0.25, 0.3) is 0 Å². The average molecular weight is 547 g/mol. The minimum atomic E-state index is -0.724. The SMILES string of the molecule is COc1ccc(CN(C(=O)Cc2ccc(OC)c(OC)c2)C(Cc2ccccc2)C(=O)NCC2CCCO2)cc1. The Labute approximate surface area is 236 Å². The fourth-order valence-corrected chi connectivity index (χ4v) is 4.89. The smallest absolute Gasteiger partial charge is 0.243 e. The predicted molar refractivity (Wildman–Crippen MR) is 153 cm³/mol. The largest absolute Gasteiger partial charge is 0.497 e. The molecule has 0 spiro atoms. The maximum absolute atomic E-state index is 14.0. The lowest BCUT2D eigenvalue weighted by Gasteiger charge is -2.32. The number of nitrogens with zero attached hydrogens (tertiary/aromatic N) is 1. The second-order valence-corrected chi connectivity index (χ2v) is 9.82. The summed E-state index contributed by atoms with van der Waals surface area (Å²) in [5, 5.41) is 3.07. The molecule has 1 saturated heterocycles. The van der Waals surface area contributed by atoms with Crippen LogP contribution in [0.5, 0.6) is 17.2 Å². The highest BCUT2D eigenvalue weighted by Gasteiger charge is 2.31. The first kappa shape index (κ1) is 29.0. The molecule has 1 fully saturated rings. The fourth-order valence-electron chi connectivity index (χ4n) is 4.89. The molecule has 0 aliphatic carbocycles. The van der Waals surface area contributed by atoms with Crippen LogP contribution in [0.3, 0.4) is 0 Å². The van der Waals surface area contributed by atoms with Gasteiger partial charge in [0.2, 0.25) is 11.8 Å². The molecule has 4 rings (SSSR count). The number of nitrogens with one attached hydrogen (secondary N) is 1. The van der Waals surface area contributed by atoms with Gasteiger partial charge in [-0.05, 0) is 53.8 Å². The summed E-state index contributed by atoms with van der Waals surface area (Å²) in [6.07, 6.45) is 2.38. The molecule has 1 N–H and O–H groups in total. The zero-order valence-corrected chi connectivity index (χ0v) is 23.4. The van der Waals surface area contributed by atoms with Crippen LogP contribution in [0.2, 0.25) is 0 Å². The minimum Gasteiger partial charge on any atom is -0.497 e. The highest BCUT2D eigenvalue weighted by atomic mass is 16.5. The van der Waals surface area contributed by atoms with Crippen molar-refractivity contribution in [3.63, 3.8) is 0 Å². The van der Waals surface area contributed by atoms with Crippen molar-refractivity contribution in [3.05, 3.63) is 89.5 Å². The molecule has 1 heterocycles. The third-order valence-electron chi connectivity index (χ3n) is 7.11. The Hall–Kier alpha value is -4.04. The second kappa shape index (κ2) is 14.4. The second-order valence-electron chi connectivity index (χ2n) is 9.82. The summed E-state index contributed by atoms with van der Waals surface area (Å²) in [6.45, 7) is 1.40. The van der Waals surface area contributed by atoms with Crippen LogP contribution in [0.25, 0.3) is 0 Å². The number of benzene rings is 3. The average Bonchev–Trinajstić information content (AvgIpc) is 3.52. The van der Waals surface area contributed by atoms with Crippen LogP contribution >= 0.6 is 0 Å². The van der Waals surface area contributed by atoms with Crippen LogP contribution in [-0.2, 0) is 33.7 Å². The van der Waals surface area contributed by atoms with Gasteiger partial charge >= 0.3 is 0 Å². The Morgan fingerprint density at radius 2 is 1.62 bits per heavy atom. The van der Waals surface area contributed by atoms with Crippen molar-refractivity contribution in [1.82, 2.24) is 10.2 Å². The first-order chi connectivity index (χ1) is 19.5. The zero-order valence-electron chi connectivity index (χ0n) is 23.4. The summed E-state index contributed by atoms with van der Waals surface area (Å²) in [4.78, 5) is 29.5. The van der Waals surface area contributed by atoms with Crippen molar-refractivity contribution in [2.24, 2.45) is 0 Å². The Balaban J connectivity index is 1.64. The molecule has 0 saturated carbocycles. The van der Waals surface area contributed by atoms with Crippen molar-refractivity contribution in [3.8, 4) is 17.2 Å². The first-order valence-electron chi connectivity index (χ1n) is 13.6. The number of amides is 2. The molecule has 0 radical (unpaired) electrons. The molecule has 8 nitrogen and oxygen atoms in total. The summed E-state index contributed by atoms with van der Waals surface area (Å²) in [7, 11) is 4.75. The van der Waals surface area contributed by atoms with E-state index in [0.717, 1.165) is 35.3 Å². The normalized spacial score (nSPS) is 15.2. The molecule has 212 valence electrons. The van der Waals surface area contributed by atoms with E-state index in [1.807, 2.05) is 60.7 Å². The number of ether oxygens (including phenoxy) is 4. The number of carbonyl (C=O) groups excluding carboxylic acids is 2. The topological polar surface area (TPSA) is 86.3 Å². The number of methoxy groups -OCH3 is 3. The van der Waals surface area contributed by atoms with Gasteiger partial charge in [-0.25, -0.2) is 0 Å². The summed E-state index contributed by atoms with van der Waals surface area (Å²) in [5.74, 6) is 1.49. The number of carbonyl (C=O) groups is 2. The quantitative estimate of drug-likeness (QED) is 0.346. The number of rotatable bonds is 13. The summed E-state index contributed by atoms with van der Waals surface area (Å²) < 4.78 is 21.8. The molecule has 2 unspecified atom stereocenters. The number of hydrogen-bond donors (Lipinski definition) is 1. The van der Waals surface area contributed by atoms with Crippen molar-refractivity contribution in [2.45, 2.75) is 44.4 Å². The van der Waals surface area contributed by atoms with Gasteiger partial charge in [-0.2, -0.15) is 0 Å². The van der Waals surface area contributed by atoms with Gasteiger partial charge in [-0.15, -0.1) is 0 Å². The minimum absolute atomic E-state index is 0.00108. The van der Waals surface area contributed by atoms with Crippen molar-refractivity contribution >= 4 is 11.8 Å². The van der Waals surface area contributed by atoms with Gasteiger partial charge in [-0.1, -0.05) is 48.5 Å². The molecule has 1 aliphatic rings. The van der Waals surface area contributed by atoms with Crippen molar-refractivity contribution < 1.29 is 28.5 Å². The zero-order chi connectivity index (χ0) is 28.3. The highest BCUT2D eigenvalue weighted by molar-refractivity contribution is 5.89. The standard InChI is InChI=1S/C32H38N2O6/c1-37-26-14-11-24(12-15-26)22-34(31(35)20-25-13-16-29(38-2)30(19-25)39-3)28(18-23-8-5-4-6-9-23)32(36)33-21-27-10-7-17-40-27/h4-6,8-9,11-16,19,27-28H,7,10,17-18,20-22H2,1-3H3,(H,33,36). The molecular formula is C32H38N2O6. The van der Waals surface area contributed by atoms with E-state index in [1.165, 1.54) is 0 Å². The molecule has 0 bridgehead atoms. The van der Waals surface area contributed by atoms with Crippen LogP contribution in [0.15, 0.2) is 72.8 Å². The molecule has 3 aromatic rings. The Morgan fingerprint density at radius 3 is 2.27 bits per heavy atom. The Kier molecular flexibility index (Phi) is 10.4. The van der Waals surface area contributed by atoms with E-state index >= 15 is 0 Å². The van der Waals surface area contributed by atoms with Crippen LogP contribution in [0.4, 0.5) is 0 Å². The molecule has 1 aliphatic heterocycles. The van der Waals surface area contributed by atoms with Gasteiger partial charge in [0.15, 0.2) is 11.5 Å². The van der Waals surface area contributed by atoms with E-state index in [1.54, 1.807) is 38.4 Å². The van der Waals surface area contributed by atoms with Gasteiger partial charge in [0.05, 0.1) is 33.9 Å². The lowest BCUT2D eigenvalue weighted by atomic mass is 10.0. The third kappa shape index (κ3) is 7.76. The van der Waals surface area contributed by atoms with Gasteiger partial charge in [0.1, 0.15) is 11.8 Å². The number of hydrogen-bond acceptors (Lipinski definition) is 6. The van der Waals surface area contributed by atoms with Crippen LogP contribution in [0.1, 0.15) is 29.5 Å². The summed E-state index contributed by atoms with van der Waals surface area (Å²) in [5.41, 5.74) is 2.63. The van der Waals surface area contributed by atoms with E-state index in [4.69, 9.17) is 18.9 Å². The molecule has 2 atom stereocenters. The monoisotopic (exact) mass is 546 g/mol. The van der Waals surface area contributed by atoms with Crippen LogP contribution in [0, 0.1) is 0 Å². The maximum atomic E-state index is 14.0. The Morgan fingerprint density at radius 1 is 0.900 bits per heavy atom. The predicted octanol–water partition coefficient (Wildman–Crippen LogP) is 4.19. The molecule has 40 heavy (non-hydrogen) atoms. The molecular weight excluding hydrogens is 508 g/mol. The fraction of sp³-hybridized carbons (Fsp3) is 0.375. The molecule has 3 aromatic carbocycles.